The molecule has 124 valence electrons. The molecule has 2 aromatic carbocycles. The average Bonchev–Trinajstić information content (AvgIpc) is 2.62. The Labute approximate surface area is 141 Å². The van der Waals surface area contributed by atoms with Crippen molar-refractivity contribution >= 4 is 11.7 Å². The fraction of sp³-hybridized carbons (Fsp3) is 0.350. The number of hydrogen-bond donors (Lipinski definition) is 1. The predicted molar refractivity (Wildman–Crippen MR) is 92.4 cm³/mol. The minimum atomic E-state index is -0.886. The van der Waals surface area contributed by atoms with Gasteiger partial charge in [0, 0.05) is 30.8 Å². The smallest absolute Gasteiger partial charge is 0.335 e. The first-order valence-corrected chi connectivity index (χ1v) is 8.43. The van der Waals surface area contributed by atoms with E-state index in [-0.39, 0.29) is 12.1 Å². The summed E-state index contributed by atoms with van der Waals surface area (Å²) in [5.41, 5.74) is 3.95. The Morgan fingerprint density at radius 1 is 1.17 bits per heavy atom. The van der Waals surface area contributed by atoms with Crippen molar-refractivity contribution in [2.45, 2.75) is 25.0 Å². The van der Waals surface area contributed by atoms with Gasteiger partial charge in [-0.05, 0) is 36.6 Å². The van der Waals surface area contributed by atoms with Crippen LogP contribution < -0.4 is 4.90 Å². The number of carbonyl (C=O) groups is 1. The van der Waals surface area contributed by atoms with Crippen LogP contribution in [0.2, 0.25) is 0 Å². The molecule has 3 unspecified atom stereocenters. The number of benzene rings is 2. The minimum absolute atomic E-state index is 0.121. The Kier molecular flexibility index (Phi) is 3.77. The Morgan fingerprint density at radius 3 is 2.67 bits per heavy atom. The third kappa shape index (κ3) is 2.38. The first-order chi connectivity index (χ1) is 11.7. The number of anilines is 1. The van der Waals surface area contributed by atoms with E-state index >= 15 is 0 Å². The van der Waals surface area contributed by atoms with Crippen LogP contribution in [0.15, 0.2) is 48.5 Å². The van der Waals surface area contributed by atoms with Crippen LogP contribution in [-0.2, 0) is 4.74 Å². The summed E-state index contributed by atoms with van der Waals surface area (Å²) in [5, 5.41) is 9.13. The molecule has 0 radical (unpaired) electrons. The zero-order chi connectivity index (χ0) is 16.7. The number of nitrogens with zero attached hydrogens (tertiary/aromatic N) is 1. The maximum absolute atomic E-state index is 11.1. The second-order valence-electron chi connectivity index (χ2n) is 6.64. The zero-order valence-electron chi connectivity index (χ0n) is 13.7. The molecule has 4 rings (SSSR count). The van der Waals surface area contributed by atoms with Crippen LogP contribution in [0.25, 0.3) is 0 Å². The molecule has 0 bridgehead atoms. The second kappa shape index (κ2) is 5.95. The molecular weight excluding hydrogens is 302 g/mol. The van der Waals surface area contributed by atoms with Crippen molar-refractivity contribution in [1.29, 1.82) is 0 Å². The molecule has 0 aromatic heterocycles. The van der Waals surface area contributed by atoms with E-state index in [0.717, 1.165) is 25.0 Å². The number of hydrogen-bond acceptors (Lipinski definition) is 3. The molecule has 4 nitrogen and oxygen atoms in total. The molecule has 0 spiro atoms. The van der Waals surface area contributed by atoms with Gasteiger partial charge in [-0.25, -0.2) is 4.79 Å². The number of fused-ring (bicyclic) bond motifs is 3. The molecule has 1 N–H and O–H groups in total. The molecule has 2 aliphatic rings. The number of carboxylic acid groups (broad SMARTS) is 1. The van der Waals surface area contributed by atoms with E-state index < -0.39 is 5.97 Å². The highest BCUT2D eigenvalue weighted by Gasteiger charge is 2.42. The molecule has 1 saturated heterocycles. The third-order valence-electron chi connectivity index (χ3n) is 5.31. The van der Waals surface area contributed by atoms with Crippen molar-refractivity contribution in [2.24, 2.45) is 5.92 Å². The minimum Gasteiger partial charge on any atom is -0.478 e. The van der Waals surface area contributed by atoms with Gasteiger partial charge in [-0.15, -0.1) is 0 Å². The zero-order valence-corrected chi connectivity index (χ0v) is 13.7. The lowest BCUT2D eigenvalue weighted by Crippen LogP contribution is -2.41. The van der Waals surface area contributed by atoms with Crippen molar-refractivity contribution in [3.05, 3.63) is 65.2 Å². The third-order valence-corrected chi connectivity index (χ3v) is 5.31. The van der Waals surface area contributed by atoms with Gasteiger partial charge in [0.05, 0.1) is 17.7 Å². The van der Waals surface area contributed by atoms with Gasteiger partial charge in [0.25, 0.3) is 0 Å². The summed E-state index contributed by atoms with van der Waals surface area (Å²) in [7, 11) is 2.12. The summed E-state index contributed by atoms with van der Waals surface area (Å²) >= 11 is 0. The first-order valence-electron chi connectivity index (χ1n) is 8.43. The molecule has 2 aliphatic heterocycles. The number of aromatic carboxylic acids is 1. The maximum atomic E-state index is 11.1. The summed E-state index contributed by atoms with van der Waals surface area (Å²) in [6, 6.07) is 15.9. The summed E-state index contributed by atoms with van der Waals surface area (Å²) in [6.07, 6.45) is 2.31. The first kappa shape index (κ1) is 15.2. The Hall–Kier alpha value is -2.33. The van der Waals surface area contributed by atoms with Crippen molar-refractivity contribution in [2.75, 3.05) is 18.6 Å². The Balaban J connectivity index is 1.78. The normalized spacial score (nSPS) is 25.7. The maximum Gasteiger partial charge on any atom is 0.335 e. The van der Waals surface area contributed by atoms with Gasteiger partial charge in [0.2, 0.25) is 0 Å². The fourth-order valence-electron chi connectivity index (χ4n) is 4.23. The van der Waals surface area contributed by atoms with Crippen LogP contribution >= 0.6 is 0 Å². The van der Waals surface area contributed by atoms with Crippen molar-refractivity contribution in [3.8, 4) is 0 Å². The van der Waals surface area contributed by atoms with E-state index in [1.807, 2.05) is 12.1 Å². The van der Waals surface area contributed by atoms with Crippen LogP contribution in [0.3, 0.4) is 0 Å². The molecule has 2 aromatic rings. The lowest BCUT2D eigenvalue weighted by atomic mass is 9.76. The van der Waals surface area contributed by atoms with Crippen molar-refractivity contribution < 1.29 is 14.6 Å². The number of carboxylic acids is 1. The lowest BCUT2D eigenvalue weighted by Gasteiger charge is -2.48. The lowest BCUT2D eigenvalue weighted by molar-refractivity contribution is -0.0420. The second-order valence-corrected chi connectivity index (χ2v) is 6.64. The molecule has 24 heavy (non-hydrogen) atoms. The average molecular weight is 323 g/mol. The van der Waals surface area contributed by atoms with E-state index in [1.165, 1.54) is 11.3 Å². The fourth-order valence-corrected chi connectivity index (χ4v) is 4.23. The van der Waals surface area contributed by atoms with Crippen molar-refractivity contribution in [3.63, 3.8) is 0 Å². The van der Waals surface area contributed by atoms with Crippen LogP contribution in [-0.4, -0.2) is 24.7 Å². The van der Waals surface area contributed by atoms with E-state index in [1.54, 1.807) is 12.1 Å². The SMILES string of the molecule is CN1c2ccccc2C2OCCCC2C1c1ccc(C(=O)O)cc1. The highest BCUT2D eigenvalue weighted by atomic mass is 16.5. The summed E-state index contributed by atoms with van der Waals surface area (Å²) in [5.74, 6) is -0.503. The molecule has 1 fully saturated rings. The number of para-hydroxylation sites is 1. The highest BCUT2D eigenvalue weighted by Crippen LogP contribution is 2.51. The molecule has 0 aliphatic carbocycles. The van der Waals surface area contributed by atoms with E-state index in [4.69, 9.17) is 9.84 Å². The topological polar surface area (TPSA) is 49.8 Å². The highest BCUT2D eigenvalue weighted by molar-refractivity contribution is 5.87. The monoisotopic (exact) mass is 323 g/mol. The van der Waals surface area contributed by atoms with Gasteiger partial charge < -0.3 is 14.7 Å². The molecule has 0 amide bonds. The van der Waals surface area contributed by atoms with Gasteiger partial charge in [-0.3, -0.25) is 0 Å². The van der Waals surface area contributed by atoms with Gasteiger partial charge in [0.1, 0.15) is 0 Å². The molecule has 2 heterocycles. The van der Waals surface area contributed by atoms with Crippen LogP contribution in [0.5, 0.6) is 0 Å². The quantitative estimate of drug-likeness (QED) is 0.906. The van der Waals surface area contributed by atoms with E-state index in [0.29, 0.717) is 11.5 Å². The molecular formula is C20H21NO3. The van der Waals surface area contributed by atoms with E-state index in [9.17, 15) is 4.79 Å². The largest absolute Gasteiger partial charge is 0.478 e. The molecule has 3 atom stereocenters. The molecule has 0 saturated carbocycles. The van der Waals surface area contributed by atoms with Crippen LogP contribution in [0, 0.1) is 5.92 Å². The van der Waals surface area contributed by atoms with Crippen molar-refractivity contribution in [1.82, 2.24) is 0 Å². The molecule has 4 heteroatoms. The Morgan fingerprint density at radius 2 is 1.92 bits per heavy atom. The van der Waals surface area contributed by atoms with Gasteiger partial charge in [-0.2, -0.15) is 0 Å². The van der Waals surface area contributed by atoms with E-state index in [2.05, 4.69) is 36.2 Å². The van der Waals surface area contributed by atoms with Crippen LogP contribution in [0.4, 0.5) is 5.69 Å². The summed E-state index contributed by atoms with van der Waals surface area (Å²) < 4.78 is 6.15. The number of ether oxygens (including phenoxy) is 1. The Bertz CT molecular complexity index is 756. The number of rotatable bonds is 2. The van der Waals surface area contributed by atoms with Crippen LogP contribution in [0.1, 0.15) is 46.5 Å². The van der Waals surface area contributed by atoms with Gasteiger partial charge in [0.15, 0.2) is 0 Å². The summed E-state index contributed by atoms with van der Waals surface area (Å²) in [4.78, 5) is 13.4. The van der Waals surface area contributed by atoms with Gasteiger partial charge >= 0.3 is 5.97 Å². The predicted octanol–water partition coefficient (Wildman–Crippen LogP) is 4.04. The summed E-state index contributed by atoms with van der Waals surface area (Å²) in [6.45, 7) is 0.809. The van der Waals surface area contributed by atoms with Gasteiger partial charge in [-0.1, -0.05) is 30.3 Å². The standard InChI is InChI=1S/C20H21NO3/c1-21-17-7-3-2-5-15(17)19-16(6-4-12-24-19)18(21)13-8-10-14(11-9-13)20(22)23/h2-3,5,7-11,16,18-19H,4,6,12H2,1H3,(H,22,23).